The van der Waals surface area contributed by atoms with Crippen LogP contribution in [-0.4, -0.2) is 39.6 Å². The Morgan fingerprint density at radius 1 is 1.39 bits per heavy atom. The summed E-state index contributed by atoms with van der Waals surface area (Å²) >= 11 is 1.43. The number of nitrogens with two attached hydrogens (primary N) is 1. The van der Waals surface area contributed by atoms with Crippen LogP contribution >= 0.6 is 11.8 Å². The molecule has 2 N–H and O–H groups in total. The van der Waals surface area contributed by atoms with Gasteiger partial charge in [-0.1, -0.05) is 11.8 Å². The van der Waals surface area contributed by atoms with Crippen LogP contribution in [0.1, 0.15) is 25.1 Å². The van der Waals surface area contributed by atoms with Crippen molar-refractivity contribution < 1.29 is 4.79 Å². The summed E-state index contributed by atoms with van der Waals surface area (Å²) in [5, 5.41) is 0.769. The number of aromatic nitrogens is 2. The summed E-state index contributed by atoms with van der Waals surface area (Å²) in [6.45, 7) is 3.58. The monoisotopic (exact) mass is 266 g/mol. The van der Waals surface area contributed by atoms with Crippen LogP contribution in [-0.2, 0) is 4.79 Å². The fourth-order valence-electron chi connectivity index (χ4n) is 2.01. The van der Waals surface area contributed by atoms with Crippen LogP contribution in [0.25, 0.3) is 0 Å². The smallest absolute Gasteiger partial charge is 0.232 e. The van der Waals surface area contributed by atoms with Crippen molar-refractivity contribution in [1.82, 2.24) is 14.9 Å². The summed E-state index contributed by atoms with van der Waals surface area (Å²) in [6.07, 6.45) is 3.48. The molecule has 1 aromatic rings. The van der Waals surface area contributed by atoms with E-state index in [0.29, 0.717) is 17.4 Å². The fraction of sp³-hybridized carbons (Fsp3) is 0.583. The first-order valence-corrected chi connectivity index (χ1v) is 7.15. The van der Waals surface area contributed by atoms with Gasteiger partial charge in [0.15, 0.2) is 0 Å². The number of carbonyl (C=O) groups is 1. The van der Waals surface area contributed by atoms with Crippen molar-refractivity contribution >= 4 is 23.5 Å². The molecular weight excluding hydrogens is 248 g/mol. The van der Waals surface area contributed by atoms with Crippen LogP contribution in [0.3, 0.4) is 0 Å². The second-order valence-corrected chi connectivity index (χ2v) is 5.40. The maximum absolute atomic E-state index is 12.0. The van der Waals surface area contributed by atoms with E-state index in [9.17, 15) is 4.79 Å². The van der Waals surface area contributed by atoms with Crippen molar-refractivity contribution in [3.05, 3.63) is 11.9 Å². The number of aryl methyl sites for hydroxylation is 1. The molecule has 0 unspecified atom stereocenters. The molecule has 98 valence electrons. The molecule has 0 bridgehead atoms. The fourth-order valence-corrected chi connectivity index (χ4v) is 2.86. The molecule has 0 spiro atoms. The van der Waals surface area contributed by atoms with E-state index < -0.39 is 0 Å². The van der Waals surface area contributed by atoms with E-state index in [0.717, 1.165) is 31.0 Å². The largest absolute Gasteiger partial charge is 0.384 e. The van der Waals surface area contributed by atoms with Gasteiger partial charge in [-0.25, -0.2) is 9.97 Å². The number of rotatable bonds is 3. The maximum atomic E-state index is 12.0. The van der Waals surface area contributed by atoms with Crippen LogP contribution in [0.2, 0.25) is 0 Å². The van der Waals surface area contributed by atoms with Crippen molar-refractivity contribution in [2.24, 2.45) is 0 Å². The van der Waals surface area contributed by atoms with Gasteiger partial charge in [-0.3, -0.25) is 4.79 Å². The number of carbonyl (C=O) groups excluding carboxylic acids is 1. The molecule has 0 atom stereocenters. The molecule has 1 aliphatic heterocycles. The molecule has 1 aromatic heterocycles. The standard InChI is InChI=1S/C12H18N4OS/c1-9-14-10(13)7-11(15-9)18-8-12(17)16-5-3-2-4-6-16/h7H,2-6,8H2,1H3,(H2,13,14,15). The molecule has 18 heavy (non-hydrogen) atoms. The lowest BCUT2D eigenvalue weighted by Crippen LogP contribution is -2.36. The molecule has 0 aliphatic carbocycles. The Balaban J connectivity index is 1.88. The van der Waals surface area contributed by atoms with Crippen LogP contribution < -0.4 is 5.73 Å². The van der Waals surface area contributed by atoms with Gasteiger partial charge in [0, 0.05) is 19.2 Å². The lowest BCUT2D eigenvalue weighted by molar-refractivity contribution is -0.129. The zero-order valence-electron chi connectivity index (χ0n) is 10.6. The Labute approximate surface area is 111 Å². The van der Waals surface area contributed by atoms with Gasteiger partial charge in [-0.15, -0.1) is 0 Å². The molecular formula is C12H18N4OS. The summed E-state index contributed by atoms with van der Waals surface area (Å²) in [7, 11) is 0. The molecule has 1 aliphatic rings. The first-order valence-electron chi connectivity index (χ1n) is 6.17. The summed E-state index contributed by atoms with van der Waals surface area (Å²) in [5.41, 5.74) is 5.65. The minimum Gasteiger partial charge on any atom is -0.384 e. The number of amides is 1. The maximum Gasteiger partial charge on any atom is 0.232 e. The van der Waals surface area contributed by atoms with Gasteiger partial charge < -0.3 is 10.6 Å². The SMILES string of the molecule is Cc1nc(N)cc(SCC(=O)N2CCCCC2)n1. The molecule has 1 amide bonds. The number of piperidine rings is 1. The van der Waals surface area contributed by atoms with Crippen molar-refractivity contribution in [3.8, 4) is 0 Å². The number of hydrogen-bond acceptors (Lipinski definition) is 5. The number of likely N-dealkylation sites (tertiary alicyclic amines) is 1. The van der Waals surface area contributed by atoms with E-state index in [4.69, 9.17) is 5.73 Å². The van der Waals surface area contributed by atoms with Gasteiger partial charge in [-0.2, -0.15) is 0 Å². The van der Waals surface area contributed by atoms with Crippen LogP contribution in [0, 0.1) is 6.92 Å². The lowest BCUT2D eigenvalue weighted by atomic mass is 10.1. The van der Waals surface area contributed by atoms with Gasteiger partial charge in [0.25, 0.3) is 0 Å². The Morgan fingerprint density at radius 3 is 2.78 bits per heavy atom. The van der Waals surface area contributed by atoms with Gasteiger partial charge >= 0.3 is 0 Å². The first-order chi connectivity index (χ1) is 8.65. The molecule has 0 aromatic carbocycles. The third kappa shape index (κ3) is 3.60. The summed E-state index contributed by atoms with van der Waals surface area (Å²) in [4.78, 5) is 22.2. The zero-order valence-corrected chi connectivity index (χ0v) is 11.4. The summed E-state index contributed by atoms with van der Waals surface area (Å²) in [6, 6.07) is 1.71. The van der Waals surface area contributed by atoms with Crippen molar-refractivity contribution in [2.45, 2.75) is 31.2 Å². The van der Waals surface area contributed by atoms with E-state index in [1.54, 1.807) is 13.0 Å². The zero-order chi connectivity index (χ0) is 13.0. The Hall–Kier alpha value is -1.30. The van der Waals surface area contributed by atoms with Gasteiger partial charge in [0.2, 0.25) is 5.91 Å². The molecule has 2 heterocycles. The Kier molecular flexibility index (Phi) is 4.41. The number of nitrogen functional groups attached to an aromatic ring is 1. The van der Waals surface area contributed by atoms with E-state index >= 15 is 0 Å². The average Bonchev–Trinajstić information content (AvgIpc) is 2.36. The second kappa shape index (κ2) is 6.04. The lowest BCUT2D eigenvalue weighted by Gasteiger charge is -2.26. The van der Waals surface area contributed by atoms with Crippen LogP contribution in [0.5, 0.6) is 0 Å². The highest BCUT2D eigenvalue weighted by molar-refractivity contribution is 7.99. The quantitative estimate of drug-likeness (QED) is 0.662. The number of thioether (sulfide) groups is 1. The molecule has 2 rings (SSSR count). The molecule has 0 radical (unpaired) electrons. The third-order valence-corrected chi connectivity index (χ3v) is 3.78. The highest BCUT2D eigenvalue weighted by Crippen LogP contribution is 2.19. The first kappa shape index (κ1) is 13.1. The second-order valence-electron chi connectivity index (χ2n) is 4.41. The topological polar surface area (TPSA) is 72.1 Å². The van der Waals surface area contributed by atoms with Gasteiger partial charge in [0.1, 0.15) is 16.7 Å². The van der Waals surface area contributed by atoms with E-state index in [2.05, 4.69) is 9.97 Å². The minimum absolute atomic E-state index is 0.189. The minimum atomic E-state index is 0.189. The third-order valence-electron chi connectivity index (χ3n) is 2.89. The van der Waals surface area contributed by atoms with E-state index in [1.165, 1.54) is 18.2 Å². The summed E-state index contributed by atoms with van der Waals surface area (Å²) in [5.74, 6) is 1.71. The molecule has 0 saturated carbocycles. The van der Waals surface area contributed by atoms with Crippen molar-refractivity contribution in [2.75, 3.05) is 24.6 Å². The normalized spacial score (nSPS) is 15.7. The average molecular weight is 266 g/mol. The molecule has 1 saturated heterocycles. The molecule has 5 nitrogen and oxygen atoms in total. The van der Waals surface area contributed by atoms with E-state index in [1.807, 2.05) is 4.90 Å². The Morgan fingerprint density at radius 2 is 2.11 bits per heavy atom. The van der Waals surface area contributed by atoms with Crippen molar-refractivity contribution in [1.29, 1.82) is 0 Å². The van der Waals surface area contributed by atoms with Gasteiger partial charge in [0.05, 0.1) is 5.75 Å². The van der Waals surface area contributed by atoms with Crippen molar-refractivity contribution in [3.63, 3.8) is 0 Å². The van der Waals surface area contributed by atoms with E-state index in [-0.39, 0.29) is 5.91 Å². The van der Waals surface area contributed by atoms with Crippen LogP contribution in [0.15, 0.2) is 11.1 Å². The summed E-state index contributed by atoms with van der Waals surface area (Å²) < 4.78 is 0. The number of anilines is 1. The number of nitrogens with zero attached hydrogens (tertiary/aromatic N) is 3. The highest BCUT2D eigenvalue weighted by Gasteiger charge is 2.16. The molecule has 1 fully saturated rings. The predicted molar refractivity (Wildman–Crippen MR) is 72.3 cm³/mol. The molecule has 6 heteroatoms. The van der Waals surface area contributed by atoms with Crippen LogP contribution in [0.4, 0.5) is 5.82 Å². The van der Waals surface area contributed by atoms with Gasteiger partial charge in [-0.05, 0) is 26.2 Å². The number of hydrogen-bond donors (Lipinski definition) is 1. The Bertz CT molecular complexity index is 412. The highest BCUT2D eigenvalue weighted by atomic mass is 32.2. The predicted octanol–water partition coefficient (Wildman–Crippen LogP) is 1.47.